The van der Waals surface area contributed by atoms with Gasteiger partial charge in [0.1, 0.15) is 13.2 Å². The fourth-order valence-electron chi connectivity index (χ4n) is 2.58. The van der Waals surface area contributed by atoms with Gasteiger partial charge in [0.05, 0.1) is 4.47 Å². The van der Waals surface area contributed by atoms with E-state index in [4.69, 9.17) is 15.2 Å². The molecule has 0 aliphatic carbocycles. The molecule has 2 N–H and O–H groups in total. The van der Waals surface area contributed by atoms with Crippen LogP contribution < -0.4 is 15.2 Å². The zero-order valence-electron chi connectivity index (χ0n) is 11.8. The minimum absolute atomic E-state index is 0.425. The van der Waals surface area contributed by atoms with Gasteiger partial charge in [-0.2, -0.15) is 0 Å². The minimum Gasteiger partial charge on any atom is -0.486 e. The van der Waals surface area contributed by atoms with E-state index in [0.717, 1.165) is 22.4 Å². The van der Waals surface area contributed by atoms with E-state index in [1.54, 1.807) is 0 Å². The van der Waals surface area contributed by atoms with Crippen molar-refractivity contribution in [3.8, 4) is 11.5 Å². The highest BCUT2D eigenvalue weighted by Crippen LogP contribution is 2.46. The van der Waals surface area contributed by atoms with Gasteiger partial charge in [-0.1, -0.05) is 20.8 Å². The van der Waals surface area contributed by atoms with Crippen molar-refractivity contribution in [1.82, 2.24) is 0 Å². The standard InChI is InChI=1S/C15H22BrNO2/c1-9(2)13-11(10(3)4-5-17)8-12-15(14(13)16)19-7-6-18-12/h8-10H,4-7,17H2,1-3H3. The molecule has 1 heterocycles. The lowest BCUT2D eigenvalue weighted by molar-refractivity contribution is 0.170. The topological polar surface area (TPSA) is 44.5 Å². The number of rotatable bonds is 4. The van der Waals surface area contributed by atoms with Crippen molar-refractivity contribution < 1.29 is 9.47 Å². The first kappa shape index (κ1) is 14.7. The molecule has 1 atom stereocenters. The van der Waals surface area contributed by atoms with Crippen molar-refractivity contribution in [1.29, 1.82) is 0 Å². The van der Waals surface area contributed by atoms with Gasteiger partial charge < -0.3 is 15.2 Å². The van der Waals surface area contributed by atoms with Gasteiger partial charge in [-0.05, 0) is 57.9 Å². The van der Waals surface area contributed by atoms with Crippen LogP contribution in [0.4, 0.5) is 0 Å². The van der Waals surface area contributed by atoms with Gasteiger partial charge in [0.25, 0.3) is 0 Å². The second-order valence-electron chi connectivity index (χ2n) is 5.35. The van der Waals surface area contributed by atoms with Crippen molar-refractivity contribution in [2.45, 2.75) is 39.0 Å². The number of ether oxygens (including phenoxy) is 2. The molecule has 0 spiro atoms. The second-order valence-corrected chi connectivity index (χ2v) is 6.14. The van der Waals surface area contributed by atoms with Crippen LogP contribution in [-0.2, 0) is 0 Å². The van der Waals surface area contributed by atoms with Crippen molar-refractivity contribution in [2.75, 3.05) is 19.8 Å². The third-order valence-electron chi connectivity index (χ3n) is 3.55. The SMILES string of the molecule is CC(C)c1c(C(C)CCN)cc2c(c1Br)OCCO2. The number of benzene rings is 1. The molecule has 1 aliphatic heterocycles. The highest BCUT2D eigenvalue weighted by molar-refractivity contribution is 9.10. The first-order valence-corrected chi connectivity index (χ1v) is 7.67. The zero-order chi connectivity index (χ0) is 14.0. The Hall–Kier alpha value is -0.740. The van der Waals surface area contributed by atoms with Crippen LogP contribution in [0.3, 0.4) is 0 Å². The van der Waals surface area contributed by atoms with Crippen LogP contribution in [0, 0.1) is 0 Å². The van der Waals surface area contributed by atoms with E-state index >= 15 is 0 Å². The Bertz CT molecular complexity index is 460. The molecule has 1 aromatic carbocycles. The van der Waals surface area contributed by atoms with E-state index in [0.29, 0.717) is 31.6 Å². The summed E-state index contributed by atoms with van der Waals surface area (Å²) in [6.45, 7) is 8.55. The van der Waals surface area contributed by atoms with E-state index in [2.05, 4.69) is 42.8 Å². The summed E-state index contributed by atoms with van der Waals surface area (Å²) in [5.41, 5.74) is 8.33. The van der Waals surface area contributed by atoms with Gasteiger partial charge in [-0.15, -0.1) is 0 Å². The summed E-state index contributed by atoms with van der Waals surface area (Å²) in [6.07, 6.45) is 0.978. The molecule has 3 nitrogen and oxygen atoms in total. The average Bonchev–Trinajstić information content (AvgIpc) is 2.38. The highest BCUT2D eigenvalue weighted by atomic mass is 79.9. The molecule has 1 unspecified atom stereocenters. The van der Waals surface area contributed by atoms with Crippen molar-refractivity contribution >= 4 is 15.9 Å². The Morgan fingerprint density at radius 1 is 1.26 bits per heavy atom. The van der Waals surface area contributed by atoms with Crippen LogP contribution in [0.1, 0.15) is 50.2 Å². The Balaban J connectivity index is 2.54. The predicted octanol–water partition coefficient (Wildman–Crippen LogP) is 3.80. The summed E-state index contributed by atoms with van der Waals surface area (Å²) in [6, 6.07) is 2.13. The second kappa shape index (κ2) is 6.14. The third-order valence-corrected chi connectivity index (χ3v) is 4.34. The molecule has 106 valence electrons. The zero-order valence-corrected chi connectivity index (χ0v) is 13.4. The minimum atomic E-state index is 0.425. The van der Waals surface area contributed by atoms with Crippen molar-refractivity contribution in [3.63, 3.8) is 0 Å². The molecule has 0 amide bonds. The molecule has 0 bridgehead atoms. The smallest absolute Gasteiger partial charge is 0.175 e. The van der Waals surface area contributed by atoms with Gasteiger partial charge in [0, 0.05) is 0 Å². The molecule has 0 saturated heterocycles. The number of hydrogen-bond acceptors (Lipinski definition) is 3. The Kier molecular flexibility index (Phi) is 4.74. The van der Waals surface area contributed by atoms with Gasteiger partial charge >= 0.3 is 0 Å². The Morgan fingerprint density at radius 2 is 1.95 bits per heavy atom. The fourth-order valence-corrected chi connectivity index (χ4v) is 3.58. The Labute approximate surface area is 123 Å². The quantitative estimate of drug-likeness (QED) is 0.914. The predicted molar refractivity (Wildman–Crippen MR) is 81.3 cm³/mol. The molecule has 1 aliphatic rings. The monoisotopic (exact) mass is 327 g/mol. The van der Waals surface area contributed by atoms with Gasteiger partial charge in [0.2, 0.25) is 0 Å². The molecule has 0 fully saturated rings. The van der Waals surface area contributed by atoms with Gasteiger partial charge in [-0.25, -0.2) is 0 Å². The average molecular weight is 328 g/mol. The van der Waals surface area contributed by atoms with E-state index in [1.165, 1.54) is 11.1 Å². The number of halogens is 1. The maximum Gasteiger partial charge on any atom is 0.175 e. The van der Waals surface area contributed by atoms with Crippen LogP contribution in [0.5, 0.6) is 11.5 Å². The molecule has 2 rings (SSSR count). The summed E-state index contributed by atoms with van der Waals surface area (Å²) in [5.74, 6) is 2.55. The van der Waals surface area contributed by atoms with Crippen LogP contribution in [0.25, 0.3) is 0 Å². The summed E-state index contributed by atoms with van der Waals surface area (Å²) in [7, 11) is 0. The molecular weight excluding hydrogens is 306 g/mol. The first-order valence-electron chi connectivity index (χ1n) is 6.88. The molecule has 19 heavy (non-hydrogen) atoms. The molecule has 4 heteroatoms. The molecule has 0 saturated carbocycles. The molecule has 1 aromatic rings. The highest BCUT2D eigenvalue weighted by Gasteiger charge is 2.24. The summed E-state index contributed by atoms with van der Waals surface area (Å²) in [4.78, 5) is 0. The maximum atomic E-state index is 5.74. The first-order chi connectivity index (χ1) is 9.06. The number of fused-ring (bicyclic) bond motifs is 1. The fraction of sp³-hybridized carbons (Fsp3) is 0.600. The lowest BCUT2D eigenvalue weighted by Gasteiger charge is -2.26. The maximum absolute atomic E-state index is 5.74. The molecule has 0 radical (unpaired) electrons. The van der Waals surface area contributed by atoms with Crippen molar-refractivity contribution in [3.05, 3.63) is 21.7 Å². The van der Waals surface area contributed by atoms with E-state index in [9.17, 15) is 0 Å². The lowest BCUT2D eigenvalue weighted by atomic mass is 9.87. The largest absolute Gasteiger partial charge is 0.486 e. The van der Waals surface area contributed by atoms with E-state index in [1.807, 2.05) is 0 Å². The number of hydrogen-bond donors (Lipinski definition) is 1. The molecular formula is C15H22BrNO2. The lowest BCUT2D eigenvalue weighted by Crippen LogP contribution is -2.18. The van der Waals surface area contributed by atoms with Crippen LogP contribution >= 0.6 is 15.9 Å². The summed E-state index contributed by atoms with van der Waals surface area (Å²) in [5, 5.41) is 0. The van der Waals surface area contributed by atoms with Gasteiger partial charge in [0.15, 0.2) is 11.5 Å². The normalized spacial score (nSPS) is 15.7. The number of nitrogens with two attached hydrogens (primary N) is 1. The summed E-state index contributed by atoms with van der Waals surface area (Å²) >= 11 is 3.70. The van der Waals surface area contributed by atoms with E-state index < -0.39 is 0 Å². The summed E-state index contributed by atoms with van der Waals surface area (Å²) < 4.78 is 12.5. The van der Waals surface area contributed by atoms with Crippen LogP contribution in [-0.4, -0.2) is 19.8 Å². The van der Waals surface area contributed by atoms with Crippen molar-refractivity contribution in [2.24, 2.45) is 5.73 Å². The Morgan fingerprint density at radius 3 is 2.58 bits per heavy atom. The molecule has 0 aromatic heterocycles. The van der Waals surface area contributed by atoms with Gasteiger partial charge in [-0.3, -0.25) is 0 Å². The van der Waals surface area contributed by atoms with Crippen LogP contribution in [0.15, 0.2) is 10.5 Å². The third kappa shape index (κ3) is 2.90. The van der Waals surface area contributed by atoms with Crippen LogP contribution in [0.2, 0.25) is 0 Å². The van der Waals surface area contributed by atoms with E-state index in [-0.39, 0.29) is 0 Å².